The minimum absolute atomic E-state index is 0.247. The van der Waals surface area contributed by atoms with Crippen LogP contribution in [0.1, 0.15) is 20.8 Å². The van der Waals surface area contributed by atoms with Crippen LogP contribution in [-0.4, -0.2) is 32.0 Å². The largest absolute Gasteiger partial charge is 0.507 e. The summed E-state index contributed by atoms with van der Waals surface area (Å²) in [6, 6.07) is 4.65. The van der Waals surface area contributed by atoms with Crippen molar-refractivity contribution in [3.8, 4) is 5.75 Å². The Morgan fingerprint density at radius 2 is 1.85 bits per heavy atom. The van der Waals surface area contributed by atoms with E-state index in [1.54, 1.807) is 0 Å². The number of phenols is 1. The fraction of sp³-hybridized carbons (Fsp3) is 0.462. The maximum Gasteiger partial charge on any atom is 0.244 e. The number of aromatic hydroxyl groups is 1. The minimum atomic E-state index is -3.93. The van der Waals surface area contributed by atoms with Crippen LogP contribution in [0.3, 0.4) is 0 Å². The minimum Gasteiger partial charge on any atom is -0.507 e. The molecule has 0 radical (unpaired) electrons. The Labute approximate surface area is 119 Å². The molecule has 0 fully saturated rings. The van der Waals surface area contributed by atoms with Gasteiger partial charge in [-0.1, -0.05) is 26.0 Å². The number of nitrogens with one attached hydrogen (secondary N) is 2. The summed E-state index contributed by atoms with van der Waals surface area (Å²) in [7, 11) is -3.93. The first-order chi connectivity index (χ1) is 9.24. The predicted molar refractivity (Wildman–Crippen MR) is 75.7 cm³/mol. The molecule has 0 aliphatic carbocycles. The van der Waals surface area contributed by atoms with Gasteiger partial charge in [-0.25, -0.2) is 8.42 Å². The van der Waals surface area contributed by atoms with Crippen LogP contribution in [0, 0.1) is 5.92 Å². The molecule has 0 saturated heterocycles. The number of hydrogen-bond donors (Lipinski definition) is 3. The van der Waals surface area contributed by atoms with Crippen LogP contribution in [0.15, 0.2) is 29.2 Å². The van der Waals surface area contributed by atoms with Gasteiger partial charge in [0, 0.05) is 6.54 Å². The third-order valence-corrected chi connectivity index (χ3v) is 4.15. The van der Waals surface area contributed by atoms with E-state index in [1.807, 2.05) is 13.8 Å². The van der Waals surface area contributed by atoms with E-state index < -0.39 is 22.0 Å². The molecule has 0 aliphatic heterocycles. The summed E-state index contributed by atoms with van der Waals surface area (Å²) in [5, 5.41) is 12.2. The Hall–Kier alpha value is -1.60. The topological polar surface area (TPSA) is 95.5 Å². The van der Waals surface area contributed by atoms with Crippen molar-refractivity contribution in [2.75, 3.05) is 6.54 Å². The van der Waals surface area contributed by atoms with Crippen molar-refractivity contribution in [2.45, 2.75) is 31.7 Å². The molecule has 1 atom stereocenters. The van der Waals surface area contributed by atoms with Crippen LogP contribution in [0.5, 0.6) is 5.75 Å². The van der Waals surface area contributed by atoms with E-state index in [1.165, 1.54) is 31.2 Å². The first-order valence-corrected chi connectivity index (χ1v) is 7.80. The lowest BCUT2D eigenvalue weighted by Gasteiger charge is -2.15. The van der Waals surface area contributed by atoms with Gasteiger partial charge in [-0.3, -0.25) is 4.79 Å². The van der Waals surface area contributed by atoms with E-state index in [2.05, 4.69) is 10.0 Å². The van der Waals surface area contributed by atoms with E-state index in [0.29, 0.717) is 6.54 Å². The smallest absolute Gasteiger partial charge is 0.244 e. The van der Waals surface area contributed by atoms with Crippen molar-refractivity contribution in [3.05, 3.63) is 24.3 Å². The van der Waals surface area contributed by atoms with E-state index >= 15 is 0 Å². The molecule has 1 aromatic carbocycles. The van der Waals surface area contributed by atoms with Crippen LogP contribution in [0.2, 0.25) is 0 Å². The highest BCUT2D eigenvalue weighted by atomic mass is 32.2. The molecule has 1 aromatic rings. The summed E-state index contributed by atoms with van der Waals surface area (Å²) < 4.78 is 26.3. The van der Waals surface area contributed by atoms with Gasteiger partial charge in [0.1, 0.15) is 10.6 Å². The summed E-state index contributed by atoms with van der Waals surface area (Å²) in [4.78, 5) is 11.5. The second-order valence-electron chi connectivity index (χ2n) is 4.95. The van der Waals surface area contributed by atoms with Gasteiger partial charge in [-0.05, 0) is 25.0 Å². The molecule has 20 heavy (non-hydrogen) atoms. The van der Waals surface area contributed by atoms with Crippen molar-refractivity contribution >= 4 is 15.9 Å². The first-order valence-electron chi connectivity index (χ1n) is 6.32. The molecular formula is C13H20N2O4S. The number of rotatable bonds is 6. The fourth-order valence-corrected chi connectivity index (χ4v) is 2.79. The average Bonchev–Trinajstić information content (AvgIpc) is 2.35. The van der Waals surface area contributed by atoms with Gasteiger partial charge in [0.2, 0.25) is 15.9 Å². The standard InChI is InChI=1S/C13H20N2O4S/c1-9(2)8-14-13(17)10(3)15-20(18,19)12-7-5-4-6-11(12)16/h4-7,9-10,15-16H,8H2,1-3H3,(H,14,17). The molecule has 0 spiro atoms. The zero-order valence-electron chi connectivity index (χ0n) is 11.8. The Morgan fingerprint density at radius 1 is 1.25 bits per heavy atom. The number of para-hydroxylation sites is 1. The Balaban J connectivity index is 2.77. The highest BCUT2D eigenvalue weighted by Crippen LogP contribution is 2.21. The number of phenolic OH excluding ortho intramolecular Hbond substituents is 1. The highest BCUT2D eigenvalue weighted by Gasteiger charge is 2.24. The van der Waals surface area contributed by atoms with Crippen LogP contribution in [0.25, 0.3) is 0 Å². The molecule has 1 unspecified atom stereocenters. The van der Waals surface area contributed by atoms with Gasteiger partial charge in [-0.15, -0.1) is 0 Å². The van der Waals surface area contributed by atoms with Crippen LogP contribution < -0.4 is 10.0 Å². The lowest BCUT2D eigenvalue weighted by molar-refractivity contribution is -0.122. The molecule has 0 saturated carbocycles. The molecule has 112 valence electrons. The number of amides is 1. The Morgan fingerprint density at radius 3 is 2.40 bits per heavy atom. The van der Waals surface area contributed by atoms with Crippen LogP contribution in [-0.2, 0) is 14.8 Å². The molecular weight excluding hydrogens is 280 g/mol. The van der Waals surface area contributed by atoms with Crippen LogP contribution >= 0.6 is 0 Å². The summed E-state index contributed by atoms with van der Waals surface area (Å²) in [5.74, 6) is -0.478. The molecule has 3 N–H and O–H groups in total. The van der Waals surface area contributed by atoms with Gasteiger partial charge >= 0.3 is 0 Å². The summed E-state index contributed by atoms with van der Waals surface area (Å²) in [6.07, 6.45) is 0. The van der Waals surface area contributed by atoms with Crippen molar-refractivity contribution in [2.24, 2.45) is 5.92 Å². The molecule has 6 nitrogen and oxygen atoms in total. The maximum absolute atomic E-state index is 12.1. The SMILES string of the molecule is CC(C)CNC(=O)C(C)NS(=O)(=O)c1ccccc1O. The van der Waals surface area contributed by atoms with E-state index in [-0.39, 0.29) is 16.6 Å². The zero-order valence-corrected chi connectivity index (χ0v) is 12.6. The Kier molecular flexibility index (Phi) is 5.52. The lowest BCUT2D eigenvalue weighted by Crippen LogP contribution is -2.45. The number of carbonyl (C=O) groups is 1. The summed E-state index contributed by atoms with van der Waals surface area (Å²) >= 11 is 0. The number of hydrogen-bond acceptors (Lipinski definition) is 4. The van der Waals surface area contributed by atoms with Crippen LogP contribution in [0.4, 0.5) is 0 Å². The summed E-state index contributed by atoms with van der Waals surface area (Å²) in [5.41, 5.74) is 0. The molecule has 0 aliphatic rings. The number of carbonyl (C=O) groups excluding carboxylic acids is 1. The summed E-state index contributed by atoms with van der Waals surface area (Å²) in [6.45, 7) is 5.81. The second kappa shape index (κ2) is 6.71. The van der Waals surface area contributed by atoms with Gasteiger partial charge in [0.25, 0.3) is 0 Å². The molecule has 1 rings (SSSR count). The van der Waals surface area contributed by atoms with Crippen molar-refractivity contribution in [3.63, 3.8) is 0 Å². The van der Waals surface area contributed by atoms with E-state index in [0.717, 1.165) is 0 Å². The quantitative estimate of drug-likeness (QED) is 0.725. The van der Waals surface area contributed by atoms with Gasteiger partial charge in [0.15, 0.2) is 0 Å². The van der Waals surface area contributed by atoms with Gasteiger partial charge < -0.3 is 10.4 Å². The van der Waals surface area contributed by atoms with E-state index in [4.69, 9.17) is 0 Å². The molecule has 1 amide bonds. The molecule has 7 heteroatoms. The third kappa shape index (κ3) is 4.50. The average molecular weight is 300 g/mol. The first kappa shape index (κ1) is 16.5. The molecule has 0 heterocycles. The molecule has 0 bridgehead atoms. The lowest BCUT2D eigenvalue weighted by atomic mass is 10.2. The van der Waals surface area contributed by atoms with Crippen molar-refractivity contribution in [1.29, 1.82) is 0 Å². The van der Waals surface area contributed by atoms with Gasteiger partial charge in [-0.2, -0.15) is 4.72 Å². The second-order valence-corrected chi connectivity index (χ2v) is 6.63. The third-order valence-electron chi connectivity index (χ3n) is 2.56. The number of sulfonamides is 1. The normalized spacial score (nSPS) is 13.2. The monoisotopic (exact) mass is 300 g/mol. The van der Waals surface area contributed by atoms with E-state index in [9.17, 15) is 18.3 Å². The predicted octanol–water partition coefficient (Wildman–Crippen LogP) is 0.831. The van der Waals surface area contributed by atoms with Crippen molar-refractivity contribution < 1.29 is 18.3 Å². The van der Waals surface area contributed by atoms with Gasteiger partial charge in [0.05, 0.1) is 6.04 Å². The number of benzene rings is 1. The Bertz CT molecular complexity index is 569. The zero-order chi connectivity index (χ0) is 15.3. The van der Waals surface area contributed by atoms with Crippen molar-refractivity contribution in [1.82, 2.24) is 10.0 Å². The fourth-order valence-electron chi connectivity index (χ4n) is 1.49. The maximum atomic E-state index is 12.1. The molecule has 0 aromatic heterocycles. The highest BCUT2D eigenvalue weighted by molar-refractivity contribution is 7.89.